The average Bonchev–Trinajstić information content (AvgIpc) is 2.57. The third-order valence-corrected chi connectivity index (χ3v) is 4.92. The normalized spacial score (nSPS) is 14.0. The Kier molecular flexibility index (Phi) is 5.41. The number of hydrogen-bond donors (Lipinski definition) is 1. The number of carbonyl (C=O) groups excluding carboxylic acids is 1. The maximum atomic E-state index is 13.6. The Balaban J connectivity index is 1.81. The summed E-state index contributed by atoms with van der Waals surface area (Å²) in [5.41, 5.74) is 5.05. The summed E-state index contributed by atoms with van der Waals surface area (Å²) in [6, 6.07) is 5.29. The van der Waals surface area contributed by atoms with Crippen LogP contribution >= 0.6 is 0 Å². The Morgan fingerprint density at radius 2 is 1.82 bits per heavy atom. The van der Waals surface area contributed by atoms with Crippen molar-refractivity contribution in [2.45, 2.75) is 54.0 Å². The number of fused-ring (bicyclic) bond motifs is 1. The van der Waals surface area contributed by atoms with E-state index in [1.54, 1.807) is 0 Å². The summed E-state index contributed by atoms with van der Waals surface area (Å²) in [4.78, 5) is 18.2. The van der Waals surface area contributed by atoms with Gasteiger partial charge in [-0.1, -0.05) is 20.8 Å². The van der Waals surface area contributed by atoms with Crippen LogP contribution < -0.4 is 10.2 Å². The minimum absolute atomic E-state index is 0.00178. The lowest BCUT2D eigenvalue weighted by Gasteiger charge is -2.31. The molecule has 1 aromatic carbocycles. The molecule has 1 aromatic heterocycles. The van der Waals surface area contributed by atoms with Crippen LogP contribution in [-0.2, 0) is 17.8 Å². The Morgan fingerprint density at radius 1 is 1.18 bits per heavy atom. The van der Waals surface area contributed by atoms with Gasteiger partial charge in [-0.15, -0.1) is 0 Å². The van der Waals surface area contributed by atoms with E-state index < -0.39 is 11.8 Å². The molecule has 28 heavy (non-hydrogen) atoms. The summed E-state index contributed by atoms with van der Waals surface area (Å²) in [5, 5.41) is 3.04. The molecule has 1 aliphatic heterocycles. The van der Waals surface area contributed by atoms with Gasteiger partial charge in [0.25, 0.3) is 0 Å². The van der Waals surface area contributed by atoms with Gasteiger partial charge in [0, 0.05) is 37.3 Å². The van der Waals surface area contributed by atoms with Gasteiger partial charge in [-0.25, -0.2) is 9.37 Å². The lowest BCUT2D eigenvalue weighted by atomic mass is 9.92. The molecule has 3 rings (SSSR count). The zero-order valence-electron chi connectivity index (χ0n) is 17.1. The van der Waals surface area contributed by atoms with Gasteiger partial charge >= 0.3 is 0 Å². The molecule has 0 fully saturated rings. The molecule has 150 valence electrons. The van der Waals surface area contributed by atoms with E-state index in [1.165, 1.54) is 6.07 Å². The molecule has 0 saturated heterocycles. The predicted molar refractivity (Wildman–Crippen MR) is 108 cm³/mol. The van der Waals surface area contributed by atoms with E-state index in [4.69, 9.17) is 0 Å². The Labute approximate surface area is 165 Å². The number of hydrogen-bond acceptors (Lipinski definition) is 3. The molecule has 0 spiro atoms. The van der Waals surface area contributed by atoms with Gasteiger partial charge in [0.05, 0.1) is 5.69 Å². The van der Waals surface area contributed by atoms with Crippen LogP contribution in [0.5, 0.6) is 0 Å². The van der Waals surface area contributed by atoms with Crippen LogP contribution in [0.3, 0.4) is 0 Å². The highest BCUT2D eigenvalue weighted by atomic mass is 19.2. The molecule has 1 N–H and O–H groups in total. The summed E-state index contributed by atoms with van der Waals surface area (Å²) in [6.45, 7) is 11.2. The largest absolute Gasteiger partial charge is 0.367 e. The average molecular weight is 387 g/mol. The number of aryl methyl sites for hydroxylation is 2. The first-order chi connectivity index (χ1) is 13.0. The maximum Gasteiger partial charge on any atom is 0.249 e. The number of anilines is 2. The van der Waals surface area contributed by atoms with Crippen molar-refractivity contribution in [3.63, 3.8) is 0 Å². The molecule has 0 bridgehead atoms. The van der Waals surface area contributed by atoms with Crippen LogP contribution in [-0.4, -0.2) is 17.4 Å². The number of aromatic nitrogens is 1. The first-order valence-electron chi connectivity index (χ1n) is 9.53. The lowest BCUT2D eigenvalue weighted by molar-refractivity contribution is -0.117. The fraction of sp³-hybridized carbons (Fsp3) is 0.455. The van der Waals surface area contributed by atoms with Gasteiger partial charge in [-0.2, -0.15) is 4.39 Å². The maximum absolute atomic E-state index is 13.6. The van der Waals surface area contributed by atoms with Crippen molar-refractivity contribution in [1.82, 2.24) is 4.98 Å². The molecule has 0 radical (unpaired) electrons. The smallest absolute Gasteiger partial charge is 0.249 e. The van der Waals surface area contributed by atoms with E-state index in [0.29, 0.717) is 37.2 Å². The van der Waals surface area contributed by atoms with Crippen LogP contribution in [0.1, 0.15) is 49.6 Å². The monoisotopic (exact) mass is 387 g/mol. The Bertz CT molecular complexity index is 896. The fourth-order valence-electron chi connectivity index (χ4n) is 3.62. The fourth-order valence-corrected chi connectivity index (χ4v) is 3.62. The first kappa shape index (κ1) is 20.2. The molecule has 2 aromatic rings. The molecule has 0 saturated carbocycles. The summed E-state index contributed by atoms with van der Waals surface area (Å²) < 4.78 is 26.9. The molecular weight excluding hydrogens is 360 g/mol. The molecule has 1 aliphatic rings. The van der Waals surface area contributed by atoms with E-state index in [9.17, 15) is 13.6 Å². The summed E-state index contributed by atoms with van der Waals surface area (Å²) in [7, 11) is 0. The van der Waals surface area contributed by atoms with Crippen molar-refractivity contribution in [3.05, 3.63) is 52.3 Å². The van der Waals surface area contributed by atoms with Gasteiger partial charge in [0.15, 0.2) is 5.82 Å². The number of rotatable bonds is 3. The lowest BCUT2D eigenvalue weighted by Crippen LogP contribution is -2.31. The molecule has 4 nitrogen and oxygen atoms in total. The predicted octanol–water partition coefficient (Wildman–Crippen LogP) is 4.91. The van der Waals surface area contributed by atoms with Gasteiger partial charge in [-0.3, -0.25) is 4.79 Å². The number of halogens is 2. The number of pyridine rings is 1. The second kappa shape index (κ2) is 7.49. The number of amides is 1. The SMILES string of the molecule is Cc1cc(N2CCc3nc(F)c(F)cc3C2)cc(C)c1NC(=O)CC(C)(C)C. The number of nitrogens with one attached hydrogen (secondary N) is 1. The summed E-state index contributed by atoms with van der Waals surface area (Å²) in [5.74, 6) is -1.94. The zero-order valence-corrected chi connectivity index (χ0v) is 17.1. The number of carbonyl (C=O) groups is 1. The highest BCUT2D eigenvalue weighted by Gasteiger charge is 2.22. The molecule has 1 amide bonds. The van der Waals surface area contributed by atoms with Crippen LogP contribution in [0.4, 0.5) is 20.2 Å². The van der Waals surface area contributed by atoms with Gasteiger partial charge in [0.1, 0.15) is 0 Å². The van der Waals surface area contributed by atoms with E-state index >= 15 is 0 Å². The third-order valence-electron chi connectivity index (χ3n) is 4.92. The summed E-state index contributed by atoms with van der Waals surface area (Å²) >= 11 is 0. The van der Waals surface area contributed by atoms with Crippen molar-refractivity contribution in [2.24, 2.45) is 5.41 Å². The van der Waals surface area contributed by atoms with E-state index in [0.717, 1.165) is 22.5 Å². The zero-order chi connectivity index (χ0) is 20.6. The standard InChI is InChI=1S/C22H27F2N3O/c1-13-8-16(9-14(2)20(13)26-19(28)11-22(3,4)5)27-7-6-18-15(12-27)10-17(23)21(24)25-18/h8-10H,6-7,11-12H2,1-5H3,(H,26,28). The van der Waals surface area contributed by atoms with Crippen molar-refractivity contribution in [3.8, 4) is 0 Å². The van der Waals surface area contributed by atoms with Crippen LogP contribution in [0, 0.1) is 31.0 Å². The Hall–Kier alpha value is -2.50. The molecule has 6 heteroatoms. The van der Waals surface area contributed by atoms with Crippen LogP contribution in [0.25, 0.3) is 0 Å². The highest BCUT2D eigenvalue weighted by molar-refractivity contribution is 5.93. The highest BCUT2D eigenvalue weighted by Crippen LogP contribution is 2.31. The van der Waals surface area contributed by atoms with Crippen molar-refractivity contribution >= 4 is 17.3 Å². The number of nitrogens with zero attached hydrogens (tertiary/aromatic N) is 2. The van der Waals surface area contributed by atoms with Crippen molar-refractivity contribution < 1.29 is 13.6 Å². The van der Waals surface area contributed by atoms with Crippen molar-refractivity contribution in [1.29, 1.82) is 0 Å². The Morgan fingerprint density at radius 3 is 2.43 bits per heavy atom. The number of benzene rings is 1. The third kappa shape index (κ3) is 4.49. The molecule has 0 aliphatic carbocycles. The molecular formula is C22H27F2N3O. The topological polar surface area (TPSA) is 45.2 Å². The molecule has 0 atom stereocenters. The molecule has 0 unspecified atom stereocenters. The summed E-state index contributed by atoms with van der Waals surface area (Å²) in [6.07, 6.45) is 1.01. The van der Waals surface area contributed by atoms with Gasteiger partial charge in [-0.05, 0) is 54.2 Å². The van der Waals surface area contributed by atoms with Gasteiger partial charge in [0.2, 0.25) is 11.9 Å². The second-order valence-corrected chi connectivity index (χ2v) is 8.78. The van der Waals surface area contributed by atoms with E-state index in [-0.39, 0.29) is 11.3 Å². The van der Waals surface area contributed by atoms with Crippen LogP contribution in [0.2, 0.25) is 0 Å². The minimum Gasteiger partial charge on any atom is -0.367 e. The van der Waals surface area contributed by atoms with Crippen molar-refractivity contribution in [2.75, 3.05) is 16.8 Å². The first-order valence-corrected chi connectivity index (χ1v) is 9.53. The van der Waals surface area contributed by atoms with E-state index in [2.05, 4.69) is 15.2 Å². The van der Waals surface area contributed by atoms with Gasteiger partial charge < -0.3 is 10.2 Å². The van der Waals surface area contributed by atoms with Crippen LogP contribution in [0.15, 0.2) is 18.2 Å². The second-order valence-electron chi connectivity index (χ2n) is 8.78. The quantitative estimate of drug-likeness (QED) is 0.761. The molecule has 2 heterocycles. The van der Waals surface area contributed by atoms with E-state index in [1.807, 2.05) is 46.8 Å². The minimum atomic E-state index is -1.03.